The fourth-order valence-corrected chi connectivity index (χ4v) is 3.01. The van der Waals surface area contributed by atoms with Crippen molar-refractivity contribution >= 4 is 23.9 Å². The van der Waals surface area contributed by atoms with E-state index in [1.54, 1.807) is 0 Å². The third kappa shape index (κ3) is 2.56. The van der Waals surface area contributed by atoms with Gasteiger partial charge in [0, 0.05) is 0 Å². The Hall–Kier alpha value is -2.20. The predicted octanol–water partition coefficient (Wildman–Crippen LogP) is -0.294. The average Bonchev–Trinajstić information content (AvgIpc) is 2.72. The van der Waals surface area contributed by atoms with Gasteiger partial charge in [-0.1, -0.05) is 0 Å². The van der Waals surface area contributed by atoms with Crippen LogP contribution in [0.15, 0.2) is 0 Å². The summed E-state index contributed by atoms with van der Waals surface area (Å²) in [5.41, 5.74) is -2.60. The Bertz CT molecular complexity index is 588. The number of hydrogen-bond acceptors (Lipinski definition) is 6. The summed E-state index contributed by atoms with van der Waals surface area (Å²) < 4.78 is 0. The zero-order valence-electron chi connectivity index (χ0n) is 15.2. The summed E-state index contributed by atoms with van der Waals surface area (Å²) in [6, 6.07) is -1.51. The van der Waals surface area contributed by atoms with E-state index in [-0.39, 0.29) is 6.67 Å². The van der Waals surface area contributed by atoms with Gasteiger partial charge in [-0.2, -0.15) is 0 Å². The molecule has 0 aromatic heterocycles. The van der Waals surface area contributed by atoms with Crippen molar-refractivity contribution in [3.63, 3.8) is 0 Å². The fraction of sp³-hybridized carbons (Fsp3) is 0.733. The van der Waals surface area contributed by atoms with Crippen LogP contribution in [0.25, 0.3) is 0 Å². The number of carbonyl (C=O) groups excluding carboxylic acids is 4. The van der Waals surface area contributed by atoms with Crippen LogP contribution in [-0.2, 0) is 9.59 Å². The zero-order valence-corrected chi connectivity index (χ0v) is 15.2. The van der Waals surface area contributed by atoms with Gasteiger partial charge < -0.3 is 10.2 Å². The van der Waals surface area contributed by atoms with Crippen molar-refractivity contribution in [2.45, 2.75) is 65.1 Å². The second-order valence-corrected chi connectivity index (χ2v) is 7.29. The molecule has 2 heterocycles. The van der Waals surface area contributed by atoms with Gasteiger partial charge >= 0.3 is 12.1 Å². The highest BCUT2D eigenvalue weighted by molar-refractivity contribution is 6.08. The topological polar surface area (TPSA) is 122 Å². The highest BCUT2D eigenvalue weighted by atomic mass is 16.3. The molecule has 0 radical (unpaired) electrons. The second kappa shape index (κ2) is 5.67. The van der Waals surface area contributed by atoms with Crippen LogP contribution in [0.1, 0.15) is 41.5 Å². The summed E-state index contributed by atoms with van der Waals surface area (Å²) in [5.74, 6) is -1.20. The van der Waals surface area contributed by atoms with Gasteiger partial charge in [0.05, 0.1) is 0 Å². The van der Waals surface area contributed by atoms with Gasteiger partial charge in [0.15, 0.2) is 0 Å². The van der Waals surface area contributed by atoms with Gasteiger partial charge in [0.1, 0.15) is 30.2 Å². The molecule has 2 atom stereocenters. The smallest absolute Gasteiger partial charge is 0.331 e. The molecule has 2 N–H and O–H groups in total. The molecule has 140 valence electrons. The Balaban J connectivity index is 2.38. The largest absolute Gasteiger partial charge is 0.373 e. The van der Waals surface area contributed by atoms with Crippen LogP contribution in [0.4, 0.5) is 9.59 Å². The van der Waals surface area contributed by atoms with E-state index in [2.05, 4.69) is 0 Å². The van der Waals surface area contributed by atoms with Crippen LogP contribution in [0.2, 0.25) is 0 Å². The van der Waals surface area contributed by atoms with Gasteiger partial charge in [-0.05, 0) is 41.5 Å². The Morgan fingerprint density at radius 3 is 1.24 bits per heavy atom. The first-order valence-corrected chi connectivity index (χ1v) is 7.93. The van der Waals surface area contributed by atoms with Crippen molar-refractivity contribution in [2.75, 3.05) is 6.67 Å². The molecule has 10 nitrogen and oxygen atoms in total. The SMILES string of the molecule is CC(O)N1C(=O)N(CN2C(=O)N(C(C)O)C(=O)C2(C)C)C(C)(C)C1=O. The maximum Gasteiger partial charge on any atom is 0.331 e. The molecule has 2 saturated heterocycles. The van der Waals surface area contributed by atoms with Crippen LogP contribution >= 0.6 is 0 Å². The molecule has 2 aliphatic rings. The lowest BCUT2D eigenvalue weighted by Gasteiger charge is -2.36. The quantitative estimate of drug-likeness (QED) is 0.667. The lowest BCUT2D eigenvalue weighted by molar-refractivity contribution is -0.137. The third-order valence-corrected chi connectivity index (χ3v) is 4.74. The maximum atomic E-state index is 12.6. The van der Waals surface area contributed by atoms with Crippen molar-refractivity contribution in [3.05, 3.63) is 0 Å². The summed E-state index contributed by atoms with van der Waals surface area (Å²) >= 11 is 0. The number of nitrogens with zero attached hydrogens (tertiary/aromatic N) is 4. The number of carbonyl (C=O) groups is 4. The standard InChI is InChI=1S/C15H24N4O6/c1-8(20)18-10(22)14(3,4)16(12(18)24)7-17-13(25)19(9(2)21)11(23)15(17,5)6/h8-9,20-21H,7H2,1-6H3. The minimum atomic E-state index is -1.32. The van der Waals surface area contributed by atoms with Crippen LogP contribution in [-0.4, -0.2) is 83.9 Å². The summed E-state index contributed by atoms with van der Waals surface area (Å²) in [5, 5.41) is 19.4. The molecule has 6 amide bonds. The van der Waals surface area contributed by atoms with Crippen LogP contribution in [0.5, 0.6) is 0 Å². The van der Waals surface area contributed by atoms with Crippen LogP contribution in [0, 0.1) is 0 Å². The first kappa shape index (κ1) is 19.1. The van der Waals surface area contributed by atoms with Crippen molar-refractivity contribution in [2.24, 2.45) is 0 Å². The first-order valence-electron chi connectivity index (χ1n) is 7.93. The maximum absolute atomic E-state index is 12.6. The minimum Gasteiger partial charge on any atom is -0.373 e. The summed E-state index contributed by atoms with van der Waals surface area (Å²) in [4.78, 5) is 53.6. The Morgan fingerprint density at radius 1 is 0.760 bits per heavy atom. The monoisotopic (exact) mass is 356 g/mol. The number of aliphatic hydroxyl groups is 2. The zero-order chi connectivity index (χ0) is 19.5. The molecule has 2 fully saturated rings. The van der Waals surface area contributed by atoms with E-state index >= 15 is 0 Å². The van der Waals surface area contributed by atoms with Gasteiger partial charge in [-0.3, -0.25) is 19.4 Å². The van der Waals surface area contributed by atoms with Gasteiger partial charge in [0.2, 0.25) is 0 Å². The fourth-order valence-electron chi connectivity index (χ4n) is 3.01. The van der Waals surface area contributed by atoms with E-state index in [4.69, 9.17) is 0 Å². The van der Waals surface area contributed by atoms with E-state index in [9.17, 15) is 29.4 Å². The molecular formula is C15H24N4O6. The van der Waals surface area contributed by atoms with Crippen molar-refractivity contribution in [1.82, 2.24) is 19.6 Å². The molecule has 0 aromatic carbocycles. The second-order valence-electron chi connectivity index (χ2n) is 7.29. The van der Waals surface area contributed by atoms with Crippen LogP contribution in [0.3, 0.4) is 0 Å². The molecule has 0 aliphatic carbocycles. The van der Waals surface area contributed by atoms with E-state index in [0.717, 1.165) is 9.80 Å². The number of amides is 6. The Morgan fingerprint density at radius 2 is 1.04 bits per heavy atom. The molecule has 2 aliphatic heterocycles. The highest BCUT2D eigenvalue weighted by Crippen LogP contribution is 2.34. The van der Waals surface area contributed by atoms with Gasteiger partial charge in [0.25, 0.3) is 11.8 Å². The predicted molar refractivity (Wildman–Crippen MR) is 84.5 cm³/mol. The molecule has 0 bridgehead atoms. The first-order chi connectivity index (χ1) is 11.3. The summed E-state index contributed by atoms with van der Waals surface area (Å²) in [7, 11) is 0. The Kier molecular flexibility index (Phi) is 4.34. The number of urea groups is 2. The molecule has 25 heavy (non-hydrogen) atoms. The van der Waals surface area contributed by atoms with Gasteiger partial charge in [-0.15, -0.1) is 0 Å². The van der Waals surface area contributed by atoms with Crippen molar-refractivity contribution < 1.29 is 29.4 Å². The number of aliphatic hydroxyl groups excluding tert-OH is 2. The third-order valence-electron chi connectivity index (χ3n) is 4.74. The molecule has 0 saturated carbocycles. The highest BCUT2D eigenvalue weighted by Gasteiger charge is 2.58. The molecule has 2 unspecified atom stereocenters. The van der Waals surface area contributed by atoms with Crippen LogP contribution < -0.4 is 0 Å². The number of imide groups is 2. The molecule has 0 spiro atoms. The molecule has 10 heteroatoms. The summed E-state index contributed by atoms with van der Waals surface area (Å²) in [6.07, 6.45) is -2.63. The molecular weight excluding hydrogens is 332 g/mol. The normalized spacial score (nSPS) is 25.3. The van der Waals surface area contributed by atoms with Crippen molar-refractivity contribution in [1.29, 1.82) is 0 Å². The van der Waals surface area contributed by atoms with E-state index in [1.807, 2.05) is 0 Å². The lowest BCUT2D eigenvalue weighted by atomic mass is 10.0. The van der Waals surface area contributed by atoms with E-state index < -0.39 is 47.4 Å². The molecule has 2 rings (SSSR count). The molecule has 0 aromatic rings. The Labute approximate surface area is 145 Å². The van der Waals surface area contributed by atoms with E-state index in [1.165, 1.54) is 41.5 Å². The number of rotatable bonds is 4. The number of hydrogen-bond donors (Lipinski definition) is 2. The lowest BCUT2D eigenvalue weighted by Crippen LogP contribution is -2.55. The minimum absolute atomic E-state index is 0.332. The summed E-state index contributed by atoms with van der Waals surface area (Å²) in [6.45, 7) is 8.24. The van der Waals surface area contributed by atoms with Crippen molar-refractivity contribution in [3.8, 4) is 0 Å². The van der Waals surface area contributed by atoms with Gasteiger partial charge in [-0.25, -0.2) is 19.4 Å². The van der Waals surface area contributed by atoms with E-state index in [0.29, 0.717) is 9.80 Å². The average molecular weight is 356 g/mol.